The SMILES string of the molecule is C[C@H](Sc1ncn[nH]1)C(=O)c1ccc(C(C)(C)C)cc1. The number of aromatic amines is 1. The number of carbonyl (C=O) groups excluding carboxylic acids is 1. The van der Waals surface area contributed by atoms with Gasteiger partial charge in [-0.2, -0.15) is 5.10 Å². The third-order valence-corrected chi connectivity index (χ3v) is 4.07. The van der Waals surface area contributed by atoms with Crippen LogP contribution in [0.5, 0.6) is 0 Å². The zero-order valence-electron chi connectivity index (χ0n) is 12.2. The molecule has 2 aromatic rings. The van der Waals surface area contributed by atoms with Crippen molar-refractivity contribution in [2.75, 3.05) is 0 Å². The molecule has 0 fully saturated rings. The summed E-state index contributed by atoms with van der Waals surface area (Å²) >= 11 is 1.38. The molecular weight excluding hydrogens is 270 g/mol. The zero-order valence-corrected chi connectivity index (χ0v) is 13.0. The topological polar surface area (TPSA) is 58.6 Å². The van der Waals surface area contributed by atoms with Crippen molar-refractivity contribution in [2.45, 2.75) is 43.5 Å². The number of hydrogen-bond acceptors (Lipinski definition) is 4. The van der Waals surface area contributed by atoms with Crippen LogP contribution in [0.4, 0.5) is 0 Å². The first-order valence-electron chi connectivity index (χ1n) is 6.54. The van der Waals surface area contributed by atoms with Crippen LogP contribution in [0.25, 0.3) is 0 Å². The minimum Gasteiger partial charge on any atom is -0.293 e. The van der Waals surface area contributed by atoms with E-state index in [9.17, 15) is 4.79 Å². The summed E-state index contributed by atoms with van der Waals surface area (Å²) in [6, 6.07) is 7.86. The third-order valence-electron chi connectivity index (χ3n) is 3.09. The summed E-state index contributed by atoms with van der Waals surface area (Å²) in [5, 5.41) is 7.00. The van der Waals surface area contributed by atoms with Gasteiger partial charge in [-0.1, -0.05) is 56.8 Å². The van der Waals surface area contributed by atoms with Crippen molar-refractivity contribution in [1.29, 1.82) is 0 Å². The normalized spacial score (nSPS) is 13.2. The average molecular weight is 289 g/mol. The fourth-order valence-corrected chi connectivity index (χ4v) is 2.63. The van der Waals surface area contributed by atoms with E-state index in [1.165, 1.54) is 23.7 Å². The van der Waals surface area contributed by atoms with Crippen molar-refractivity contribution in [2.24, 2.45) is 0 Å². The summed E-state index contributed by atoms with van der Waals surface area (Å²) < 4.78 is 0. The van der Waals surface area contributed by atoms with Gasteiger partial charge in [-0.3, -0.25) is 9.89 Å². The number of aromatic nitrogens is 3. The first-order chi connectivity index (χ1) is 9.38. The monoisotopic (exact) mass is 289 g/mol. The van der Waals surface area contributed by atoms with E-state index < -0.39 is 0 Å². The van der Waals surface area contributed by atoms with Crippen LogP contribution in [0.2, 0.25) is 0 Å². The van der Waals surface area contributed by atoms with Crippen molar-refractivity contribution in [3.05, 3.63) is 41.7 Å². The fraction of sp³-hybridized carbons (Fsp3) is 0.400. The number of carbonyl (C=O) groups is 1. The lowest BCUT2D eigenvalue weighted by atomic mass is 9.86. The Morgan fingerprint density at radius 2 is 1.90 bits per heavy atom. The van der Waals surface area contributed by atoms with Crippen LogP contribution in [-0.4, -0.2) is 26.2 Å². The number of benzene rings is 1. The van der Waals surface area contributed by atoms with Gasteiger partial charge in [0, 0.05) is 5.56 Å². The maximum absolute atomic E-state index is 12.3. The molecule has 1 aromatic carbocycles. The highest BCUT2D eigenvalue weighted by molar-refractivity contribution is 8.00. The average Bonchev–Trinajstić information content (AvgIpc) is 2.90. The van der Waals surface area contributed by atoms with E-state index in [1.807, 2.05) is 31.2 Å². The predicted molar refractivity (Wildman–Crippen MR) is 81.2 cm³/mol. The van der Waals surface area contributed by atoms with Crippen molar-refractivity contribution in [3.63, 3.8) is 0 Å². The van der Waals surface area contributed by atoms with E-state index >= 15 is 0 Å². The lowest BCUT2D eigenvalue weighted by Gasteiger charge is -2.19. The Labute approximate surface area is 123 Å². The van der Waals surface area contributed by atoms with Crippen LogP contribution in [0.15, 0.2) is 35.7 Å². The zero-order chi connectivity index (χ0) is 14.8. The van der Waals surface area contributed by atoms with Crippen molar-refractivity contribution in [1.82, 2.24) is 15.2 Å². The number of hydrogen-bond donors (Lipinski definition) is 1. The number of nitrogens with zero attached hydrogens (tertiary/aromatic N) is 2. The predicted octanol–water partition coefficient (Wildman–Crippen LogP) is 3.47. The molecule has 4 nitrogen and oxygen atoms in total. The van der Waals surface area contributed by atoms with E-state index in [-0.39, 0.29) is 16.4 Å². The van der Waals surface area contributed by atoms with Crippen molar-refractivity contribution < 1.29 is 4.79 Å². The second-order valence-corrected chi connectivity index (χ2v) is 7.07. The Balaban J connectivity index is 2.09. The number of rotatable bonds is 4. The number of Topliss-reactive ketones (excluding diaryl/α,β-unsaturated/α-hetero) is 1. The van der Waals surface area contributed by atoms with Gasteiger partial charge in [0.1, 0.15) is 6.33 Å². The molecule has 5 heteroatoms. The Morgan fingerprint density at radius 3 is 2.40 bits per heavy atom. The van der Waals surface area contributed by atoms with Gasteiger partial charge in [0.2, 0.25) is 0 Å². The minimum absolute atomic E-state index is 0.0990. The van der Waals surface area contributed by atoms with Gasteiger partial charge in [0.25, 0.3) is 0 Å². The summed E-state index contributed by atoms with van der Waals surface area (Å²) in [7, 11) is 0. The first kappa shape index (κ1) is 14.8. The van der Waals surface area contributed by atoms with Gasteiger partial charge in [-0.05, 0) is 17.9 Å². The molecule has 0 spiro atoms. The molecule has 0 unspecified atom stereocenters. The smallest absolute Gasteiger partial charge is 0.184 e. The number of ketones is 1. The maximum atomic E-state index is 12.3. The molecule has 2 rings (SSSR count). The molecule has 1 atom stereocenters. The van der Waals surface area contributed by atoms with Crippen molar-refractivity contribution in [3.8, 4) is 0 Å². The van der Waals surface area contributed by atoms with E-state index in [1.54, 1.807) is 0 Å². The molecule has 0 aliphatic carbocycles. The minimum atomic E-state index is -0.191. The summed E-state index contributed by atoms with van der Waals surface area (Å²) in [4.78, 5) is 16.4. The van der Waals surface area contributed by atoms with Crippen LogP contribution >= 0.6 is 11.8 Å². The van der Waals surface area contributed by atoms with E-state index in [2.05, 4.69) is 36.0 Å². The molecule has 0 radical (unpaired) electrons. The molecule has 106 valence electrons. The van der Waals surface area contributed by atoms with Gasteiger partial charge >= 0.3 is 0 Å². The first-order valence-corrected chi connectivity index (χ1v) is 7.42. The van der Waals surface area contributed by atoms with E-state index in [0.717, 1.165) is 5.56 Å². The lowest BCUT2D eigenvalue weighted by Crippen LogP contribution is -2.15. The molecule has 1 N–H and O–H groups in total. The number of thioether (sulfide) groups is 1. The van der Waals surface area contributed by atoms with Crippen LogP contribution in [-0.2, 0) is 5.41 Å². The van der Waals surface area contributed by atoms with Crippen LogP contribution < -0.4 is 0 Å². The highest BCUT2D eigenvalue weighted by Gasteiger charge is 2.19. The number of nitrogens with one attached hydrogen (secondary N) is 1. The van der Waals surface area contributed by atoms with Gasteiger partial charge in [-0.25, -0.2) is 4.98 Å². The molecule has 1 aromatic heterocycles. The summed E-state index contributed by atoms with van der Waals surface area (Å²) in [5.41, 5.74) is 2.06. The summed E-state index contributed by atoms with van der Waals surface area (Å²) in [5.74, 6) is 0.104. The Morgan fingerprint density at radius 1 is 1.25 bits per heavy atom. The van der Waals surface area contributed by atoms with Gasteiger partial charge in [0.05, 0.1) is 5.25 Å². The Bertz CT molecular complexity index is 570. The fourth-order valence-electron chi connectivity index (χ4n) is 1.84. The van der Waals surface area contributed by atoms with E-state index in [4.69, 9.17) is 0 Å². The summed E-state index contributed by atoms with van der Waals surface area (Å²) in [6.07, 6.45) is 1.44. The molecule has 20 heavy (non-hydrogen) atoms. The molecule has 1 heterocycles. The number of H-pyrrole nitrogens is 1. The molecular formula is C15H19N3OS. The molecule has 0 saturated carbocycles. The highest BCUT2D eigenvalue weighted by atomic mass is 32.2. The maximum Gasteiger partial charge on any atom is 0.184 e. The molecule has 0 aliphatic heterocycles. The third kappa shape index (κ3) is 3.48. The standard InChI is InChI=1S/C15H19N3OS/c1-10(20-14-16-9-17-18-14)13(19)11-5-7-12(8-6-11)15(2,3)4/h5-10H,1-4H3,(H,16,17,18)/t10-/m0/s1. The van der Waals surface area contributed by atoms with Gasteiger partial charge in [-0.15, -0.1) is 0 Å². The van der Waals surface area contributed by atoms with Gasteiger partial charge < -0.3 is 0 Å². The largest absolute Gasteiger partial charge is 0.293 e. The van der Waals surface area contributed by atoms with Crippen LogP contribution in [0.1, 0.15) is 43.6 Å². The van der Waals surface area contributed by atoms with Crippen LogP contribution in [0.3, 0.4) is 0 Å². The van der Waals surface area contributed by atoms with E-state index in [0.29, 0.717) is 5.16 Å². The van der Waals surface area contributed by atoms with Crippen LogP contribution in [0, 0.1) is 0 Å². The summed E-state index contributed by atoms with van der Waals surface area (Å²) in [6.45, 7) is 8.36. The Kier molecular flexibility index (Phi) is 4.28. The molecule has 0 amide bonds. The molecule has 0 saturated heterocycles. The second-order valence-electron chi connectivity index (χ2n) is 5.74. The lowest BCUT2D eigenvalue weighted by molar-refractivity contribution is 0.0994. The van der Waals surface area contributed by atoms with Gasteiger partial charge in [0.15, 0.2) is 10.9 Å². The molecule has 0 aliphatic rings. The second kappa shape index (κ2) is 5.79. The Hall–Kier alpha value is -1.62. The quantitative estimate of drug-likeness (QED) is 0.691. The molecule has 0 bridgehead atoms. The van der Waals surface area contributed by atoms with Crippen molar-refractivity contribution >= 4 is 17.5 Å². The highest BCUT2D eigenvalue weighted by Crippen LogP contribution is 2.25.